The van der Waals surface area contributed by atoms with Crippen molar-refractivity contribution in [3.63, 3.8) is 0 Å². The smallest absolute Gasteiger partial charge is 0.0985 e. The summed E-state index contributed by atoms with van der Waals surface area (Å²) in [6.45, 7) is 3.15. The van der Waals surface area contributed by atoms with Gasteiger partial charge in [0.25, 0.3) is 0 Å². The number of thioether (sulfide) groups is 1. The summed E-state index contributed by atoms with van der Waals surface area (Å²) in [4.78, 5) is 4.72. The number of hydrogen-bond donors (Lipinski definition) is 0. The molecule has 122 valence electrons. The molecule has 4 rings (SSSR count). The van der Waals surface area contributed by atoms with Crippen LogP contribution in [-0.2, 0) is 6.42 Å². The minimum Gasteiger partial charge on any atom is -0.277 e. The van der Waals surface area contributed by atoms with Crippen LogP contribution in [0.1, 0.15) is 56.3 Å². The van der Waals surface area contributed by atoms with Crippen LogP contribution < -0.4 is 0 Å². The van der Waals surface area contributed by atoms with E-state index in [0.717, 1.165) is 23.2 Å². The lowest BCUT2D eigenvalue weighted by Crippen LogP contribution is -2.14. The number of aliphatic imine (C=N–C) groups is 1. The summed E-state index contributed by atoms with van der Waals surface area (Å²) in [5.41, 5.74) is 3.78. The second-order valence-corrected chi connectivity index (χ2v) is 8.42. The molecule has 0 atom stereocenters. The second kappa shape index (κ2) is 6.60. The third-order valence-electron chi connectivity index (χ3n) is 4.92. The quantitative estimate of drug-likeness (QED) is 0.704. The molecular weight excluding hydrogens is 370 g/mol. The van der Waals surface area contributed by atoms with Crippen LogP contribution in [0, 0.1) is 0 Å². The van der Waals surface area contributed by atoms with Crippen LogP contribution in [0.5, 0.6) is 0 Å². The van der Waals surface area contributed by atoms with Gasteiger partial charge in [-0.15, -0.1) is 11.8 Å². The number of nitrogens with zero attached hydrogens (tertiary/aromatic N) is 3. The molecule has 0 spiro atoms. The summed E-state index contributed by atoms with van der Waals surface area (Å²) in [6.07, 6.45) is 7.53. The summed E-state index contributed by atoms with van der Waals surface area (Å²) in [6, 6.07) is 5.04. The number of aromatic nitrogens is 2. The van der Waals surface area contributed by atoms with Crippen LogP contribution >= 0.6 is 27.7 Å². The predicted octanol–water partition coefficient (Wildman–Crippen LogP) is 5.36. The molecule has 1 aliphatic heterocycles. The van der Waals surface area contributed by atoms with Crippen LogP contribution in [0.4, 0.5) is 0 Å². The highest BCUT2D eigenvalue weighted by molar-refractivity contribution is 9.10. The standard InChI is InChI=1S/C18H22BrN3S/c1-2-15-17-14(18-20-8-9-23-18)10-12(19)11-16(17)22(21-15)13-6-4-3-5-7-13/h10-11,13H,2-9H2,1H3. The third-order valence-corrected chi connectivity index (χ3v) is 6.38. The molecule has 0 N–H and O–H groups in total. The minimum absolute atomic E-state index is 0.562. The topological polar surface area (TPSA) is 30.2 Å². The maximum atomic E-state index is 5.04. The van der Waals surface area contributed by atoms with Crippen molar-refractivity contribution in [2.24, 2.45) is 4.99 Å². The zero-order valence-electron chi connectivity index (χ0n) is 13.5. The highest BCUT2D eigenvalue weighted by Crippen LogP contribution is 2.36. The van der Waals surface area contributed by atoms with Gasteiger partial charge >= 0.3 is 0 Å². The number of aryl methyl sites for hydroxylation is 1. The van der Waals surface area contributed by atoms with Crippen molar-refractivity contribution in [2.45, 2.75) is 51.5 Å². The van der Waals surface area contributed by atoms with E-state index >= 15 is 0 Å². The molecule has 2 aromatic rings. The van der Waals surface area contributed by atoms with Gasteiger partial charge in [-0.25, -0.2) is 0 Å². The number of fused-ring (bicyclic) bond motifs is 1. The van der Waals surface area contributed by atoms with Crippen molar-refractivity contribution in [3.8, 4) is 0 Å². The molecule has 1 fully saturated rings. The number of rotatable bonds is 3. The monoisotopic (exact) mass is 391 g/mol. The Labute approximate surface area is 150 Å². The Kier molecular flexibility index (Phi) is 4.50. The summed E-state index contributed by atoms with van der Waals surface area (Å²) in [5.74, 6) is 1.10. The van der Waals surface area contributed by atoms with E-state index < -0.39 is 0 Å². The Morgan fingerprint density at radius 1 is 1.26 bits per heavy atom. The predicted molar refractivity (Wildman–Crippen MR) is 103 cm³/mol. The van der Waals surface area contributed by atoms with E-state index in [0.29, 0.717) is 6.04 Å². The van der Waals surface area contributed by atoms with Crippen molar-refractivity contribution in [1.29, 1.82) is 0 Å². The van der Waals surface area contributed by atoms with Gasteiger partial charge in [-0.05, 0) is 31.4 Å². The first kappa shape index (κ1) is 15.7. The van der Waals surface area contributed by atoms with Gasteiger partial charge in [0.05, 0.1) is 22.3 Å². The zero-order chi connectivity index (χ0) is 15.8. The van der Waals surface area contributed by atoms with E-state index in [-0.39, 0.29) is 0 Å². The van der Waals surface area contributed by atoms with Crippen LogP contribution in [0.15, 0.2) is 21.6 Å². The van der Waals surface area contributed by atoms with Crippen molar-refractivity contribution < 1.29 is 0 Å². The number of benzene rings is 1. The van der Waals surface area contributed by atoms with Gasteiger partial charge in [-0.1, -0.05) is 42.1 Å². The lowest BCUT2D eigenvalue weighted by atomic mass is 9.95. The number of halogens is 1. The summed E-state index contributed by atoms with van der Waals surface area (Å²) in [5, 5.41) is 7.55. The Hall–Kier alpha value is -0.810. The first-order valence-corrected chi connectivity index (χ1v) is 10.4. The number of hydrogen-bond acceptors (Lipinski definition) is 3. The van der Waals surface area contributed by atoms with E-state index in [1.165, 1.54) is 59.3 Å². The Morgan fingerprint density at radius 2 is 2.09 bits per heavy atom. The van der Waals surface area contributed by atoms with Gasteiger partial charge in [0.1, 0.15) is 0 Å². The average Bonchev–Trinajstić information content (AvgIpc) is 3.22. The average molecular weight is 392 g/mol. The van der Waals surface area contributed by atoms with Gasteiger partial charge in [0, 0.05) is 27.7 Å². The fraction of sp³-hybridized carbons (Fsp3) is 0.556. The SMILES string of the molecule is CCc1nn(C2CCCCC2)c2cc(Br)cc(C3=NCCS3)c12. The van der Waals surface area contributed by atoms with E-state index in [2.05, 4.69) is 39.7 Å². The molecule has 0 radical (unpaired) electrons. The highest BCUT2D eigenvalue weighted by Gasteiger charge is 2.24. The highest BCUT2D eigenvalue weighted by atomic mass is 79.9. The fourth-order valence-corrected chi connectivity index (χ4v) is 5.15. The van der Waals surface area contributed by atoms with Crippen molar-refractivity contribution >= 4 is 43.6 Å². The lowest BCUT2D eigenvalue weighted by molar-refractivity contribution is 0.336. The van der Waals surface area contributed by atoms with E-state index in [1.54, 1.807) is 0 Å². The van der Waals surface area contributed by atoms with Gasteiger partial charge < -0.3 is 0 Å². The Bertz CT molecular complexity index is 759. The second-order valence-electron chi connectivity index (χ2n) is 6.42. The third kappa shape index (κ3) is 2.86. The van der Waals surface area contributed by atoms with Gasteiger partial charge in [-0.3, -0.25) is 9.67 Å². The van der Waals surface area contributed by atoms with Crippen molar-refractivity contribution in [3.05, 3.63) is 27.9 Å². The molecule has 0 saturated heterocycles. The van der Waals surface area contributed by atoms with Crippen LogP contribution in [0.3, 0.4) is 0 Å². The summed E-state index contributed by atoms with van der Waals surface area (Å²) in [7, 11) is 0. The van der Waals surface area contributed by atoms with Gasteiger partial charge in [0.15, 0.2) is 0 Å². The fourth-order valence-electron chi connectivity index (χ4n) is 3.83. The zero-order valence-corrected chi connectivity index (χ0v) is 15.9. The molecular formula is C18H22BrN3S. The van der Waals surface area contributed by atoms with Gasteiger partial charge in [-0.2, -0.15) is 5.10 Å². The Balaban J connectivity index is 1.92. The largest absolute Gasteiger partial charge is 0.277 e. The Morgan fingerprint density at radius 3 is 2.78 bits per heavy atom. The maximum absolute atomic E-state index is 5.04. The molecule has 1 aliphatic carbocycles. The van der Waals surface area contributed by atoms with Crippen molar-refractivity contribution in [2.75, 3.05) is 12.3 Å². The first-order chi connectivity index (χ1) is 11.3. The molecule has 0 unspecified atom stereocenters. The van der Waals surface area contributed by atoms with E-state index in [4.69, 9.17) is 10.1 Å². The van der Waals surface area contributed by atoms with E-state index in [9.17, 15) is 0 Å². The van der Waals surface area contributed by atoms with Crippen LogP contribution in [0.25, 0.3) is 10.9 Å². The normalized spacial score (nSPS) is 19.5. The summed E-state index contributed by atoms with van der Waals surface area (Å²) < 4.78 is 3.46. The van der Waals surface area contributed by atoms with Gasteiger partial charge in [0.2, 0.25) is 0 Å². The molecule has 2 aliphatic rings. The van der Waals surface area contributed by atoms with Crippen LogP contribution in [-0.4, -0.2) is 27.1 Å². The van der Waals surface area contributed by atoms with Crippen molar-refractivity contribution in [1.82, 2.24) is 9.78 Å². The molecule has 1 saturated carbocycles. The molecule has 2 heterocycles. The molecule has 23 heavy (non-hydrogen) atoms. The maximum Gasteiger partial charge on any atom is 0.0985 e. The summed E-state index contributed by atoms with van der Waals surface area (Å²) >= 11 is 5.59. The molecule has 0 bridgehead atoms. The lowest BCUT2D eigenvalue weighted by Gasteiger charge is -2.23. The van der Waals surface area contributed by atoms with Crippen LogP contribution in [0.2, 0.25) is 0 Å². The minimum atomic E-state index is 0.562. The molecule has 0 amide bonds. The molecule has 1 aromatic carbocycles. The molecule has 1 aromatic heterocycles. The van der Waals surface area contributed by atoms with E-state index in [1.807, 2.05) is 11.8 Å². The molecule has 3 nitrogen and oxygen atoms in total. The molecule has 5 heteroatoms. The first-order valence-electron chi connectivity index (χ1n) is 8.66.